The van der Waals surface area contributed by atoms with E-state index in [2.05, 4.69) is 23.6 Å². The minimum absolute atomic E-state index is 0.0257. The van der Waals surface area contributed by atoms with Crippen LogP contribution in [0, 0.1) is 0 Å². The molecule has 0 spiro atoms. The van der Waals surface area contributed by atoms with Crippen LogP contribution >= 0.6 is 23.2 Å². The highest BCUT2D eigenvalue weighted by atomic mass is 35.5. The summed E-state index contributed by atoms with van der Waals surface area (Å²) < 4.78 is 2.17. The lowest BCUT2D eigenvalue weighted by Gasteiger charge is -2.24. The minimum atomic E-state index is -0.0257. The highest BCUT2D eigenvalue weighted by Crippen LogP contribution is 2.20. The van der Waals surface area contributed by atoms with Crippen LogP contribution in [0.5, 0.6) is 0 Å². The van der Waals surface area contributed by atoms with Crippen molar-refractivity contribution < 1.29 is 4.79 Å². The van der Waals surface area contributed by atoms with E-state index in [9.17, 15) is 4.79 Å². The highest BCUT2D eigenvalue weighted by Gasteiger charge is 2.19. The predicted octanol–water partition coefficient (Wildman–Crippen LogP) is 6.68. The second-order valence-electron chi connectivity index (χ2n) is 7.17. The molecule has 0 bridgehead atoms. The van der Waals surface area contributed by atoms with E-state index < -0.39 is 0 Å². The molecule has 152 valence electrons. The lowest BCUT2D eigenvalue weighted by molar-refractivity contribution is 0.0736. The van der Waals surface area contributed by atoms with Crippen LogP contribution in [0.1, 0.15) is 47.8 Å². The van der Waals surface area contributed by atoms with Gasteiger partial charge in [-0.15, -0.1) is 0 Å². The molecule has 1 heterocycles. The maximum atomic E-state index is 13.2. The molecule has 0 aliphatic rings. The zero-order valence-electron chi connectivity index (χ0n) is 16.7. The molecule has 0 aliphatic heterocycles. The molecule has 2 aromatic carbocycles. The number of rotatable bonds is 9. The van der Waals surface area contributed by atoms with Gasteiger partial charge in [0.05, 0.1) is 17.1 Å². The lowest BCUT2D eigenvalue weighted by atomic mass is 10.1. The van der Waals surface area contributed by atoms with Gasteiger partial charge in [-0.2, -0.15) is 0 Å². The first-order chi connectivity index (χ1) is 14.1. The number of hydrogen-bond acceptors (Lipinski definition) is 1. The van der Waals surface area contributed by atoms with Gasteiger partial charge in [0.25, 0.3) is 5.91 Å². The number of amides is 1. The van der Waals surface area contributed by atoms with Gasteiger partial charge in [-0.3, -0.25) is 4.79 Å². The smallest absolute Gasteiger partial charge is 0.255 e. The molecule has 1 aromatic heterocycles. The van der Waals surface area contributed by atoms with E-state index in [1.807, 2.05) is 47.5 Å². The van der Waals surface area contributed by atoms with Crippen molar-refractivity contribution in [3.05, 3.63) is 93.7 Å². The molecular weight excluding hydrogens is 403 g/mol. The molecule has 0 atom stereocenters. The molecule has 0 radical (unpaired) electrons. The molecule has 0 saturated heterocycles. The van der Waals surface area contributed by atoms with Crippen molar-refractivity contribution in [2.45, 2.75) is 39.3 Å². The van der Waals surface area contributed by atoms with Gasteiger partial charge in [0.2, 0.25) is 0 Å². The Morgan fingerprint density at radius 1 is 1.00 bits per heavy atom. The SMILES string of the molecule is CCCCCN(Cc1cccn1Cc1cccc(Cl)c1)C(=O)c1ccccc1Cl. The Bertz CT molecular complexity index is 951. The molecular formula is C24H26Cl2N2O. The van der Waals surface area contributed by atoms with Crippen LogP contribution in [0.2, 0.25) is 10.0 Å². The van der Waals surface area contributed by atoms with Crippen molar-refractivity contribution in [3.8, 4) is 0 Å². The Morgan fingerprint density at radius 3 is 2.59 bits per heavy atom. The van der Waals surface area contributed by atoms with Crippen molar-refractivity contribution in [2.24, 2.45) is 0 Å². The summed E-state index contributed by atoms with van der Waals surface area (Å²) in [4.78, 5) is 15.1. The summed E-state index contributed by atoms with van der Waals surface area (Å²) in [5.41, 5.74) is 2.77. The van der Waals surface area contributed by atoms with Gasteiger partial charge in [0, 0.05) is 30.0 Å². The Balaban J connectivity index is 1.80. The van der Waals surface area contributed by atoms with E-state index in [1.165, 1.54) is 0 Å². The molecule has 3 nitrogen and oxygen atoms in total. The second kappa shape index (κ2) is 10.5. The van der Waals surface area contributed by atoms with Crippen molar-refractivity contribution in [1.29, 1.82) is 0 Å². The van der Waals surface area contributed by atoms with Crippen LogP contribution in [0.3, 0.4) is 0 Å². The van der Waals surface area contributed by atoms with E-state index in [0.29, 0.717) is 30.2 Å². The number of nitrogens with zero attached hydrogens (tertiary/aromatic N) is 2. The number of carbonyl (C=O) groups excluding carboxylic acids is 1. The van der Waals surface area contributed by atoms with Crippen LogP contribution in [-0.4, -0.2) is 21.9 Å². The Labute approximate surface area is 182 Å². The summed E-state index contributed by atoms with van der Waals surface area (Å²) >= 11 is 12.4. The third-order valence-corrected chi connectivity index (χ3v) is 5.51. The van der Waals surface area contributed by atoms with E-state index >= 15 is 0 Å². The Kier molecular flexibility index (Phi) is 7.79. The highest BCUT2D eigenvalue weighted by molar-refractivity contribution is 6.33. The van der Waals surface area contributed by atoms with Crippen molar-refractivity contribution in [3.63, 3.8) is 0 Å². The molecule has 3 aromatic rings. The number of carbonyl (C=O) groups is 1. The topological polar surface area (TPSA) is 25.2 Å². The first-order valence-corrected chi connectivity index (χ1v) is 10.8. The second-order valence-corrected chi connectivity index (χ2v) is 8.01. The minimum Gasteiger partial charge on any atom is -0.345 e. The van der Waals surface area contributed by atoms with Crippen molar-refractivity contribution >= 4 is 29.1 Å². The molecule has 0 saturated carbocycles. The number of unbranched alkanes of at least 4 members (excludes halogenated alkanes) is 2. The quantitative estimate of drug-likeness (QED) is 0.349. The van der Waals surface area contributed by atoms with Gasteiger partial charge in [0.1, 0.15) is 0 Å². The van der Waals surface area contributed by atoms with Gasteiger partial charge in [0.15, 0.2) is 0 Å². The van der Waals surface area contributed by atoms with Crippen LogP contribution in [0.15, 0.2) is 66.9 Å². The van der Waals surface area contributed by atoms with Gasteiger partial charge < -0.3 is 9.47 Å². The summed E-state index contributed by atoms with van der Waals surface area (Å²) in [6, 6.07) is 19.2. The fraction of sp³-hybridized carbons (Fsp3) is 0.292. The van der Waals surface area contributed by atoms with Gasteiger partial charge >= 0.3 is 0 Å². The Morgan fingerprint density at radius 2 is 1.83 bits per heavy atom. The average Bonchev–Trinajstić information content (AvgIpc) is 3.14. The Hall–Kier alpha value is -2.23. The fourth-order valence-corrected chi connectivity index (χ4v) is 3.81. The summed E-state index contributed by atoms with van der Waals surface area (Å²) in [6.45, 7) is 4.13. The molecule has 3 rings (SSSR count). The summed E-state index contributed by atoms with van der Waals surface area (Å²) in [6.07, 6.45) is 5.22. The summed E-state index contributed by atoms with van der Waals surface area (Å²) in [5, 5.41) is 1.22. The molecule has 5 heteroatoms. The molecule has 0 N–H and O–H groups in total. The molecule has 0 unspecified atom stereocenters. The van der Waals surface area contributed by atoms with Crippen LogP contribution in [-0.2, 0) is 13.1 Å². The van der Waals surface area contributed by atoms with Gasteiger partial charge in [-0.25, -0.2) is 0 Å². The maximum Gasteiger partial charge on any atom is 0.255 e. The van der Waals surface area contributed by atoms with Gasteiger partial charge in [-0.05, 0) is 48.4 Å². The van der Waals surface area contributed by atoms with Crippen LogP contribution in [0.4, 0.5) is 0 Å². The van der Waals surface area contributed by atoms with Crippen molar-refractivity contribution in [2.75, 3.05) is 6.54 Å². The molecule has 0 fully saturated rings. The molecule has 0 aliphatic carbocycles. The first-order valence-electron chi connectivity index (χ1n) is 10.0. The van der Waals surface area contributed by atoms with E-state index in [4.69, 9.17) is 23.2 Å². The summed E-state index contributed by atoms with van der Waals surface area (Å²) in [7, 11) is 0. The van der Waals surface area contributed by atoms with E-state index in [-0.39, 0.29) is 5.91 Å². The number of hydrogen-bond donors (Lipinski definition) is 0. The number of halogens is 2. The third-order valence-electron chi connectivity index (χ3n) is 4.94. The predicted molar refractivity (Wildman–Crippen MR) is 121 cm³/mol. The van der Waals surface area contributed by atoms with Gasteiger partial charge in [-0.1, -0.05) is 67.2 Å². The monoisotopic (exact) mass is 428 g/mol. The zero-order chi connectivity index (χ0) is 20.6. The van der Waals surface area contributed by atoms with Crippen LogP contribution in [0.25, 0.3) is 0 Å². The van der Waals surface area contributed by atoms with E-state index in [1.54, 1.807) is 12.1 Å². The largest absolute Gasteiger partial charge is 0.345 e. The average molecular weight is 429 g/mol. The van der Waals surface area contributed by atoms with E-state index in [0.717, 1.165) is 35.5 Å². The third kappa shape index (κ3) is 5.88. The molecule has 1 amide bonds. The standard InChI is InChI=1S/C24H26Cl2N2O/c1-2-3-6-14-28(24(29)22-12-4-5-13-23(22)26)18-21-11-8-15-27(21)17-19-9-7-10-20(25)16-19/h4-5,7-13,15-16H,2-3,6,14,17-18H2,1H3. The summed E-state index contributed by atoms with van der Waals surface area (Å²) in [5.74, 6) is -0.0257. The molecule has 29 heavy (non-hydrogen) atoms. The first kappa shape index (κ1) is 21.5. The number of aromatic nitrogens is 1. The maximum absolute atomic E-state index is 13.2. The lowest BCUT2D eigenvalue weighted by Crippen LogP contribution is -2.32. The van der Waals surface area contributed by atoms with Crippen LogP contribution < -0.4 is 0 Å². The number of benzene rings is 2. The normalized spacial score (nSPS) is 10.9. The fourth-order valence-electron chi connectivity index (χ4n) is 3.38. The zero-order valence-corrected chi connectivity index (χ0v) is 18.2. The van der Waals surface area contributed by atoms with Crippen molar-refractivity contribution in [1.82, 2.24) is 9.47 Å².